The fraction of sp³-hybridized carbons (Fsp3) is 0.316. The predicted octanol–water partition coefficient (Wildman–Crippen LogP) is 2.84. The van der Waals surface area contributed by atoms with Crippen LogP contribution in [0.15, 0.2) is 24.5 Å². The summed E-state index contributed by atoms with van der Waals surface area (Å²) in [5, 5.41) is 11.3. The third-order valence-corrected chi connectivity index (χ3v) is 3.75. The molecule has 6 nitrogen and oxygen atoms in total. The molecule has 1 heterocycles. The molecule has 0 spiro atoms. The van der Waals surface area contributed by atoms with Crippen LogP contribution in [-0.2, 0) is 0 Å². The van der Waals surface area contributed by atoms with Crippen LogP contribution in [0.3, 0.4) is 0 Å². The minimum absolute atomic E-state index is 0.0735. The van der Waals surface area contributed by atoms with Crippen molar-refractivity contribution in [3.05, 3.63) is 47.4 Å². The van der Waals surface area contributed by atoms with E-state index in [1.54, 1.807) is 6.92 Å². The Labute approximate surface area is 159 Å². The molecule has 0 saturated heterocycles. The number of carbonyl (C=O) groups is 1. The third kappa shape index (κ3) is 5.44. The first-order valence-electron chi connectivity index (χ1n) is 8.31. The Bertz CT molecular complexity index is 880. The number of anilines is 1. The summed E-state index contributed by atoms with van der Waals surface area (Å²) in [6, 6.07) is 1.91. The first kappa shape index (κ1) is 21.2. The predicted molar refractivity (Wildman–Crippen MR) is 95.7 cm³/mol. The molecule has 0 fully saturated rings. The molecule has 0 aliphatic heterocycles. The highest BCUT2D eigenvalue weighted by Gasteiger charge is 2.20. The molecular formula is C19H18F3N3O3. The van der Waals surface area contributed by atoms with Gasteiger partial charge in [-0.25, -0.2) is 18.7 Å². The second-order valence-corrected chi connectivity index (χ2v) is 5.63. The Morgan fingerprint density at radius 3 is 2.71 bits per heavy atom. The smallest absolute Gasteiger partial charge is 0.275 e. The maximum atomic E-state index is 14.0. The summed E-state index contributed by atoms with van der Waals surface area (Å²) < 4.78 is 46.2. The van der Waals surface area contributed by atoms with E-state index in [4.69, 9.17) is 9.84 Å². The number of nitrogens with zero attached hydrogens (tertiary/aromatic N) is 2. The van der Waals surface area contributed by atoms with Crippen LogP contribution in [0.2, 0.25) is 0 Å². The zero-order chi connectivity index (χ0) is 20.5. The first-order valence-corrected chi connectivity index (χ1v) is 8.31. The maximum absolute atomic E-state index is 14.0. The molecule has 0 aliphatic rings. The number of alkyl halides is 1. The molecule has 2 rings (SSSR count). The fourth-order valence-electron chi connectivity index (χ4n) is 2.34. The molecule has 1 unspecified atom stereocenters. The number of ether oxygens (including phenoxy) is 1. The molecule has 0 bridgehead atoms. The SMILES string of the molecule is CC#CCOc1cnc(C(=O)Nc2cc(F)c(F)c(C(CF)CCO)c2)cn1. The lowest BCUT2D eigenvalue weighted by Crippen LogP contribution is -2.16. The van der Waals surface area contributed by atoms with E-state index in [9.17, 15) is 18.0 Å². The van der Waals surface area contributed by atoms with Gasteiger partial charge in [0.2, 0.25) is 5.88 Å². The van der Waals surface area contributed by atoms with Crippen molar-refractivity contribution >= 4 is 11.6 Å². The molecule has 2 N–H and O–H groups in total. The molecule has 1 amide bonds. The largest absolute Gasteiger partial charge is 0.463 e. The number of rotatable bonds is 8. The summed E-state index contributed by atoms with van der Waals surface area (Å²) >= 11 is 0. The fourth-order valence-corrected chi connectivity index (χ4v) is 2.34. The lowest BCUT2D eigenvalue weighted by molar-refractivity contribution is 0.102. The Hall–Kier alpha value is -3.12. The van der Waals surface area contributed by atoms with Gasteiger partial charge in [0.15, 0.2) is 18.2 Å². The molecule has 1 aromatic carbocycles. The van der Waals surface area contributed by atoms with Crippen molar-refractivity contribution in [2.45, 2.75) is 19.3 Å². The number of aliphatic hydroxyl groups excluding tert-OH is 1. The summed E-state index contributed by atoms with van der Waals surface area (Å²) in [6.07, 6.45) is 2.30. The van der Waals surface area contributed by atoms with Gasteiger partial charge in [-0.05, 0) is 25.0 Å². The number of hydrogen-bond acceptors (Lipinski definition) is 5. The molecule has 0 saturated carbocycles. The minimum atomic E-state index is -1.24. The highest BCUT2D eigenvalue weighted by atomic mass is 19.2. The van der Waals surface area contributed by atoms with Crippen LogP contribution >= 0.6 is 0 Å². The molecule has 1 aromatic heterocycles. The van der Waals surface area contributed by atoms with Crippen molar-refractivity contribution in [1.82, 2.24) is 9.97 Å². The quantitative estimate of drug-likeness (QED) is 0.674. The van der Waals surface area contributed by atoms with Crippen LogP contribution < -0.4 is 10.1 Å². The molecular weight excluding hydrogens is 375 g/mol. The average molecular weight is 393 g/mol. The highest BCUT2D eigenvalue weighted by Crippen LogP contribution is 2.28. The van der Waals surface area contributed by atoms with Gasteiger partial charge in [0, 0.05) is 24.3 Å². The van der Waals surface area contributed by atoms with Crippen molar-refractivity contribution in [3.8, 4) is 17.7 Å². The monoisotopic (exact) mass is 393 g/mol. The van der Waals surface area contributed by atoms with Crippen LogP contribution in [0.1, 0.15) is 35.3 Å². The summed E-state index contributed by atoms with van der Waals surface area (Å²) in [6.45, 7) is 0.410. The number of aliphatic hydroxyl groups is 1. The zero-order valence-corrected chi connectivity index (χ0v) is 15.0. The van der Waals surface area contributed by atoms with Crippen LogP contribution in [0.25, 0.3) is 0 Å². The van der Waals surface area contributed by atoms with Crippen LogP contribution in [0.4, 0.5) is 18.9 Å². The number of carbonyl (C=O) groups excluding carboxylic acids is 1. The molecule has 9 heteroatoms. The van der Waals surface area contributed by atoms with Crippen molar-refractivity contribution < 1.29 is 27.8 Å². The Kier molecular flexibility index (Phi) is 7.77. The normalized spacial score (nSPS) is 11.3. The summed E-state index contributed by atoms with van der Waals surface area (Å²) in [5.41, 5.74) is -0.424. The topological polar surface area (TPSA) is 84.3 Å². The lowest BCUT2D eigenvalue weighted by atomic mass is 9.96. The van der Waals surface area contributed by atoms with Gasteiger partial charge in [0.25, 0.3) is 5.91 Å². The number of nitrogens with one attached hydrogen (secondary N) is 1. The number of halogens is 3. The molecule has 28 heavy (non-hydrogen) atoms. The number of benzene rings is 1. The summed E-state index contributed by atoms with van der Waals surface area (Å²) in [4.78, 5) is 20.0. The standard InChI is InChI=1S/C19H18F3N3O3/c1-2-3-6-28-17-11-23-16(10-24-17)19(27)25-13-7-14(12(9-20)4-5-26)18(22)15(21)8-13/h7-8,10-12,26H,4-6,9H2,1H3,(H,25,27). The lowest BCUT2D eigenvalue weighted by Gasteiger charge is -2.15. The third-order valence-electron chi connectivity index (χ3n) is 3.75. The highest BCUT2D eigenvalue weighted by molar-refractivity contribution is 6.02. The van der Waals surface area contributed by atoms with E-state index in [0.717, 1.165) is 18.3 Å². The van der Waals surface area contributed by atoms with Crippen molar-refractivity contribution in [1.29, 1.82) is 0 Å². The average Bonchev–Trinajstić information content (AvgIpc) is 2.69. The first-order chi connectivity index (χ1) is 13.5. The molecule has 2 aromatic rings. The van der Waals surface area contributed by atoms with Gasteiger partial charge in [-0.2, -0.15) is 0 Å². The number of hydrogen-bond donors (Lipinski definition) is 2. The van der Waals surface area contributed by atoms with E-state index >= 15 is 0 Å². The van der Waals surface area contributed by atoms with Crippen molar-refractivity contribution in [2.75, 3.05) is 25.2 Å². The molecule has 1 atom stereocenters. The summed E-state index contributed by atoms with van der Waals surface area (Å²) in [7, 11) is 0. The van der Waals surface area contributed by atoms with E-state index in [0.29, 0.717) is 0 Å². The Balaban J connectivity index is 2.16. The molecule has 148 valence electrons. The van der Waals surface area contributed by atoms with Crippen molar-refractivity contribution in [3.63, 3.8) is 0 Å². The Morgan fingerprint density at radius 2 is 2.11 bits per heavy atom. The van der Waals surface area contributed by atoms with E-state index in [1.165, 1.54) is 6.20 Å². The van der Waals surface area contributed by atoms with Crippen molar-refractivity contribution in [2.24, 2.45) is 0 Å². The second kappa shape index (κ2) is 10.3. The number of amides is 1. The van der Waals surface area contributed by atoms with Gasteiger partial charge in [-0.3, -0.25) is 9.18 Å². The number of aromatic nitrogens is 2. The zero-order valence-electron chi connectivity index (χ0n) is 15.0. The minimum Gasteiger partial charge on any atom is -0.463 e. The van der Waals surface area contributed by atoms with Gasteiger partial charge in [-0.15, -0.1) is 5.92 Å². The Morgan fingerprint density at radius 1 is 1.32 bits per heavy atom. The van der Waals surface area contributed by atoms with Crippen LogP contribution in [0.5, 0.6) is 5.88 Å². The second-order valence-electron chi connectivity index (χ2n) is 5.63. The molecule has 0 radical (unpaired) electrons. The van der Waals surface area contributed by atoms with Crippen LogP contribution in [-0.4, -0.2) is 40.9 Å². The van der Waals surface area contributed by atoms with Gasteiger partial charge in [0.05, 0.1) is 19.1 Å². The van der Waals surface area contributed by atoms with Gasteiger partial charge < -0.3 is 15.2 Å². The van der Waals surface area contributed by atoms with Gasteiger partial charge in [-0.1, -0.05) is 5.92 Å². The maximum Gasteiger partial charge on any atom is 0.275 e. The van der Waals surface area contributed by atoms with Gasteiger partial charge in [0.1, 0.15) is 5.69 Å². The van der Waals surface area contributed by atoms with E-state index in [2.05, 4.69) is 27.1 Å². The van der Waals surface area contributed by atoms with E-state index < -0.39 is 30.1 Å². The van der Waals surface area contributed by atoms with E-state index in [1.807, 2.05) is 0 Å². The van der Waals surface area contributed by atoms with Crippen LogP contribution in [0, 0.1) is 23.5 Å². The summed E-state index contributed by atoms with van der Waals surface area (Å²) in [5.74, 6) is 1.29. The van der Waals surface area contributed by atoms with Gasteiger partial charge >= 0.3 is 0 Å². The molecule has 0 aliphatic carbocycles. The van der Waals surface area contributed by atoms with E-state index in [-0.39, 0.29) is 42.5 Å².